The van der Waals surface area contributed by atoms with E-state index in [-0.39, 0.29) is 6.10 Å². The third-order valence-corrected chi connectivity index (χ3v) is 2.14. The molecule has 3 nitrogen and oxygen atoms in total. The summed E-state index contributed by atoms with van der Waals surface area (Å²) in [5.41, 5.74) is 6.41. The predicted octanol–water partition coefficient (Wildman–Crippen LogP) is 2.56. The Labute approximate surface area is 102 Å². The van der Waals surface area contributed by atoms with E-state index in [1.807, 2.05) is 38.1 Å². The van der Waals surface area contributed by atoms with Gasteiger partial charge in [0.05, 0.1) is 16.8 Å². The summed E-state index contributed by atoms with van der Waals surface area (Å²) < 4.78 is 5.68. The highest BCUT2D eigenvalue weighted by atomic mass is 32.1. The monoisotopic (exact) mass is 238 g/mol. The Morgan fingerprint density at radius 2 is 2.12 bits per heavy atom. The summed E-state index contributed by atoms with van der Waals surface area (Å²) in [6, 6.07) is 7.85. The van der Waals surface area contributed by atoms with Crippen molar-refractivity contribution in [2.24, 2.45) is 5.73 Å². The highest BCUT2D eigenvalue weighted by Crippen LogP contribution is 2.24. The van der Waals surface area contributed by atoms with Crippen molar-refractivity contribution in [1.29, 1.82) is 0 Å². The number of hydrogen-bond acceptors (Lipinski definition) is 3. The number of nitrogens with one attached hydrogen (secondary N) is 1. The molecule has 0 aromatic heterocycles. The normalized spacial score (nSPS) is 10.2. The molecule has 1 rings (SSSR count). The van der Waals surface area contributed by atoms with Crippen molar-refractivity contribution in [2.75, 3.05) is 11.9 Å². The zero-order valence-corrected chi connectivity index (χ0v) is 10.5. The topological polar surface area (TPSA) is 47.3 Å². The largest absolute Gasteiger partial charge is 0.489 e. The quantitative estimate of drug-likeness (QED) is 0.748. The van der Waals surface area contributed by atoms with E-state index in [0.29, 0.717) is 11.4 Å². The number of rotatable bonds is 6. The molecule has 0 aliphatic heterocycles. The molecule has 0 fully saturated rings. The average Bonchev–Trinajstić information content (AvgIpc) is 2.19. The summed E-state index contributed by atoms with van der Waals surface area (Å²) in [6.07, 6.45) is 0.851. The molecular formula is C12H18N2OS. The number of anilines is 1. The first-order valence-corrected chi connectivity index (χ1v) is 5.78. The molecule has 4 heteroatoms. The standard InChI is InChI=1S/C12H18N2OS/c1-9(2)15-11-6-4-3-5-10(11)14-8-7-12(13)16/h3-6,9,14H,7-8H2,1-2H3,(H2,13,16). The second-order valence-electron chi connectivity index (χ2n) is 3.81. The van der Waals surface area contributed by atoms with Crippen molar-refractivity contribution in [3.05, 3.63) is 24.3 Å². The molecule has 0 amide bonds. The number of para-hydroxylation sites is 2. The Balaban J connectivity index is 2.60. The fraction of sp³-hybridized carbons (Fsp3) is 0.417. The van der Waals surface area contributed by atoms with Crippen LogP contribution in [0.15, 0.2) is 24.3 Å². The second-order valence-corrected chi connectivity index (χ2v) is 4.33. The first-order chi connectivity index (χ1) is 7.59. The summed E-state index contributed by atoms with van der Waals surface area (Å²) in [5, 5.41) is 3.26. The molecule has 16 heavy (non-hydrogen) atoms. The van der Waals surface area contributed by atoms with Gasteiger partial charge in [-0.25, -0.2) is 0 Å². The molecule has 0 atom stereocenters. The van der Waals surface area contributed by atoms with Gasteiger partial charge >= 0.3 is 0 Å². The highest BCUT2D eigenvalue weighted by Gasteiger charge is 2.03. The van der Waals surface area contributed by atoms with E-state index >= 15 is 0 Å². The lowest BCUT2D eigenvalue weighted by atomic mass is 10.2. The smallest absolute Gasteiger partial charge is 0.142 e. The minimum Gasteiger partial charge on any atom is -0.489 e. The zero-order chi connectivity index (χ0) is 12.0. The number of nitrogens with two attached hydrogens (primary N) is 1. The van der Waals surface area contributed by atoms with E-state index in [2.05, 4.69) is 5.32 Å². The van der Waals surface area contributed by atoms with Crippen LogP contribution in [0.3, 0.4) is 0 Å². The van der Waals surface area contributed by atoms with Crippen LogP contribution in [-0.2, 0) is 0 Å². The van der Waals surface area contributed by atoms with Gasteiger partial charge in [-0.1, -0.05) is 24.4 Å². The SMILES string of the molecule is CC(C)Oc1ccccc1NCCC(N)=S. The number of thiocarbonyl (C=S) groups is 1. The van der Waals surface area contributed by atoms with Crippen LogP contribution >= 0.6 is 12.2 Å². The van der Waals surface area contributed by atoms with Gasteiger partial charge < -0.3 is 15.8 Å². The van der Waals surface area contributed by atoms with E-state index in [4.69, 9.17) is 22.7 Å². The van der Waals surface area contributed by atoms with Crippen LogP contribution < -0.4 is 15.8 Å². The van der Waals surface area contributed by atoms with E-state index in [0.717, 1.165) is 18.0 Å². The maximum Gasteiger partial charge on any atom is 0.142 e. The van der Waals surface area contributed by atoms with Gasteiger partial charge in [0.1, 0.15) is 5.75 Å². The van der Waals surface area contributed by atoms with Crippen molar-refractivity contribution in [3.8, 4) is 5.75 Å². The Kier molecular flexibility index (Phi) is 5.05. The van der Waals surface area contributed by atoms with Gasteiger partial charge in [-0.2, -0.15) is 0 Å². The van der Waals surface area contributed by atoms with Crippen LogP contribution in [-0.4, -0.2) is 17.6 Å². The molecule has 0 aliphatic rings. The Hall–Kier alpha value is -1.29. The number of ether oxygens (including phenoxy) is 1. The molecule has 0 saturated carbocycles. The van der Waals surface area contributed by atoms with Gasteiger partial charge in [0, 0.05) is 13.0 Å². The molecule has 1 aromatic carbocycles. The molecule has 0 saturated heterocycles. The fourth-order valence-corrected chi connectivity index (χ4v) is 1.39. The summed E-state index contributed by atoms with van der Waals surface area (Å²) in [6.45, 7) is 4.74. The van der Waals surface area contributed by atoms with E-state index in [9.17, 15) is 0 Å². The van der Waals surface area contributed by atoms with Crippen LogP contribution in [0.1, 0.15) is 20.3 Å². The van der Waals surface area contributed by atoms with Crippen LogP contribution in [0.5, 0.6) is 5.75 Å². The van der Waals surface area contributed by atoms with Crippen molar-refractivity contribution < 1.29 is 4.74 Å². The molecule has 0 unspecified atom stereocenters. The second kappa shape index (κ2) is 6.33. The summed E-state index contributed by atoms with van der Waals surface area (Å²) in [5.74, 6) is 0.862. The fourth-order valence-electron chi connectivity index (χ4n) is 1.29. The van der Waals surface area contributed by atoms with Crippen molar-refractivity contribution in [3.63, 3.8) is 0 Å². The molecule has 1 aromatic rings. The van der Waals surface area contributed by atoms with Crippen LogP contribution in [0, 0.1) is 0 Å². The van der Waals surface area contributed by atoms with E-state index < -0.39 is 0 Å². The predicted molar refractivity (Wildman–Crippen MR) is 72.1 cm³/mol. The maximum absolute atomic E-state index is 5.68. The van der Waals surface area contributed by atoms with Gasteiger partial charge in [-0.05, 0) is 26.0 Å². The lowest BCUT2D eigenvalue weighted by Gasteiger charge is -2.15. The van der Waals surface area contributed by atoms with Crippen molar-refractivity contribution >= 4 is 22.9 Å². The lowest BCUT2D eigenvalue weighted by molar-refractivity contribution is 0.243. The number of benzene rings is 1. The first kappa shape index (κ1) is 12.8. The van der Waals surface area contributed by atoms with Crippen LogP contribution in [0.2, 0.25) is 0 Å². The van der Waals surface area contributed by atoms with Crippen LogP contribution in [0.25, 0.3) is 0 Å². The zero-order valence-electron chi connectivity index (χ0n) is 9.69. The third kappa shape index (κ3) is 4.49. The minimum absolute atomic E-state index is 0.165. The Morgan fingerprint density at radius 3 is 2.75 bits per heavy atom. The Bertz CT molecular complexity index is 353. The first-order valence-electron chi connectivity index (χ1n) is 5.37. The molecular weight excluding hydrogens is 220 g/mol. The number of hydrogen-bond donors (Lipinski definition) is 2. The van der Waals surface area contributed by atoms with Gasteiger partial charge in [0.25, 0.3) is 0 Å². The van der Waals surface area contributed by atoms with Gasteiger partial charge in [0.2, 0.25) is 0 Å². The Morgan fingerprint density at radius 1 is 1.44 bits per heavy atom. The summed E-state index contributed by atoms with van der Waals surface area (Å²) in [4.78, 5) is 0.523. The lowest BCUT2D eigenvalue weighted by Crippen LogP contribution is -2.15. The van der Waals surface area contributed by atoms with Crippen molar-refractivity contribution in [1.82, 2.24) is 0 Å². The molecule has 0 aliphatic carbocycles. The minimum atomic E-state index is 0.165. The molecule has 88 valence electrons. The molecule has 0 spiro atoms. The summed E-state index contributed by atoms with van der Waals surface area (Å²) in [7, 11) is 0. The average molecular weight is 238 g/mol. The molecule has 0 radical (unpaired) electrons. The van der Waals surface area contributed by atoms with Crippen LogP contribution in [0.4, 0.5) is 5.69 Å². The van der Waals surface area contributed by atoms with Crippen molar-refractivity contribution in [2.45, 2.75) is 26.4 Å². The van der Waals surface area contributed by atoms with E-state index in [1.165, 1.54) is 0 Å². The molecule has 3 N–H and O–H groups in total. The highest BCUT2D eigenvalue weighted by molar-refractivity contribution is 7.80. The van der Waals surface area contributed by atoms with Gasteiger partial charge in [-0.3, -0.25) is 0 Å². The summed E-state index contributed by atoms with van der Waals surface area (Å²) >= 11 is 4.82. The maximum atomic E-state index is 5.68. The third-order valence-electron chi connectivity index (χ3n) is 1.94. The molecule has 0 heterocycles. The molecule has 0 bridgehead atoms. The van der Waals surface area contributed by atoms with Gasteiger partial charge in [-0.15, -0.1) is 0 Å². The van der Waals surface area contributed by atoms with E-state index in [1.54, 1.807) is 0 Å². The van der Waals surface area contributed by atoms with Gasteiger partial charge in [0.15, 0.2) is 0 Å².